The lowest BCUT2D eigenvalue weighted by Crippen LogP contribution is -2.38. The van der Waals surface area contributed by atoms with Crippen LogP contribution in [0.4, 0.5) is 11.9 Å². The number of anilines is 2. The molecule has 0 aromatic carbocycles. The van der Waals surface area contributed by atoms with E-state index >= 15 is 0 Å². The zero-order chi connectivity index (χ0) is 33.4. The monoisotopic (exact) mass is 720 g/mol. The number of nitrogens with two attached hydrogens (primary N) is 2. The average molecular weight is 721 g/mol. The summed E-state index contributed by atoms with van der Waals surface area (Å²) in [4.78, 5) is 55.9. The third-order valence-corrected chi connectivity index (χ3v) is 11.9. The number of aliphatic hydroxyl groups is 2. The van der Waals surface area contributed by atoms with E-state index in [1.165, 1.54) is 15.4 Å². The highest BCUT2D eigenvalue weighted by Gasteiger charge is 2.54. The van der Waals surface area contributed by atoms with Crippen molar-refractivity contribution in [2.24, 2.45) is 0 Å². The lowest BCUT2D eigenvalue weighted by atomic mass is 10.1. The first-order valence-corrected chi connectivity index (χ1v) is 18.4. The molecule has 3 aliphatic heterocycles. The highest BCUT2D eigenvalue weighted by atomic mass is 32.7. The minimum absolute atomic E-state index is 0.0596. The number of nitrogen functional groups attached to an aromatic ring is 2. The zero-order valence-electron chi connectivity index (χ0n) is 23.8. The summed E-state index contributed by atoms with van der Waals surface area (Å²) in [6, 6.07) is 0. The number of fused-ring (bicyclic) bond motifs is 4. The lowest BCUT2D eigenvalue weighted by Gasteiger charge is -2.29. The molecule has 254 valence electrons. The topological polar surface area (TPSA) is 329 Å². The highest BCUT2D eigenvalue weighted by molar-refractivity contribution is 8.54. The van der Waals surface area contributed by atoms with Crippen molar-refractivity contribution < 1.29 is 51.8 Å². The third-order valence-electron chi connectivity index (χ3n) is 7.60. The number of nitrogens with one attached hydrogen (secondary N) is 2. The number of rotatable bonds is 3. The van der Waals surface area contributed by atoms with E-state index in [9.17, 15) is 33.8 Å². The maximum Gasteiger partial charge on any atom is 0.472 e. The number of aromatic nitrogens is 8. The van der Waals surface area contributed by atoms with Crippen LogP contribution in [0.5, 0.6) is 0 Å². The zero-order valence-corrected chi connectivity index (χ0v) is 26.4. The Kier molecular flexibility index (Phi) is 8.05. The van der Waals surface area contributed by atoms with Gasteiger partial charge in [-0.3, -0.25) is 46.8 Å². The molecule has 4 aromatic heterocycles. The maximum absolute atomic E-state index is 13.9. The van der Waals surface area contributed by atoms with Crippen molar-refractivity contribution in [3.05, 3.63) is 33.4 Å². The van der Waals surface area contributed by atoms with Gasteiger partial charge in [0.1, 0.15) is 36.6 Å². The van der Waals surface area contributed by atoms with Gasteiger partial charge in [0.05, 0.1) is 25.9 Å². The minimum atomic E-state index is -5.05. The van der Waals surface area contributed by atoms with E-state index in [1.54, 1.807) is 0 Å². The molecule has 0 radical (unpaired) electrons. The second kappa shape index (κ2) is 11.7. The number of aliphatic hydroxyl groups excluding tert-OH is 2. The van der Waals surface area contributed by atoms with Gasteiger partial charge in [0.2, 0.25) is 11.9 Å². The molecule has 7 heterocycles. The van der Waals surface area contributed by atoms with Gasteiger partial charge in [-0.1, -0.05) is 0 Å². The van der Waals surface area contributed by atoms with Crippen LogP contribution >= 0.6 is 26.0 Å². The van der Waals surface area contributed by atoms with E-state index < -0.39 is 88.0 Å². The Balaban J connectivity index is 1.19. The Hall–Kier alpha value is -3.25. The molecule has 3 fully saturated rings. The normalized spacial score (nSPS) is 36.6. The van der Waals surface area contributed by atoms with Crippen LogP contribution in [0.3, 0.4) is 0 Å². The number of hydrogen-bond donors (Lipinski definition) is 7. The summed E-state index contributed by atoms with van der Waals surface area (Å²) in [6.45, 7) is -5.59. The van der Waals surface area contributed by atoms with Gasteiger partial charge in [0.15, 0.2) is 34.8 Å². The number of ether oxygens (including phenoxy) is 2. The molecule has 0 bridgehead atoms. The first-order valence-electron chi connectivity index (χ1n) is 13.5. The summed E-state index contributed by atoms with van der Waals surface area (Å²) in [5.41, 5.74) is 9.63. The standard InChI is InChI=1S/C21H26N10O13P2S/c1-47-46(38)40-3-7-12(10(32)18(42-7)30-4-24-8-14(30)26-20(22)28-16(8)34)43-45(36,37)39-2-6-13(44-46)11(33)19(41-6)31-5-25-9-15(31)27-21(23)29-17(9)35/h4-7,10-13,18-19,32-33H,2-3H2,1H3,(H,36,37)(H3,22,26,28,34)(H3,23,27,29,35)/t6-,7-,10-,11-,12-,13-,18-,19-,46?/m1/s1. The fourth-order valence-electron chi connectivity index (χ4n) is 5.48. The van der Waals surface area contributed by atoms with E-state index in [-0.39, 0.29) is 34.2 Å². The SMILES string of the molecule is CSP1(=O)OC[C@H]2O[C@@H](n3cnc4c(=O)[nH]c(N)nc43)[C@H](O)[C@@H]2OP(=O)(O)OC[C@H]2O[C@@H](n3cnc4c(=O)[nH]c(N)nc43)[C@H](O)[C@@H]2O1. The van der Waals surface area contributed by atoms with E-state index in [2.05, 4.69) is 29.9 Å². The second-order valence-electron chi connectivity index (χ2n) is 10.5. The summed E-state index contributed by atoms with van der Waals surface area (Å²) in [6.07, 6.45) is -8.33. The largest absolute Gasteiger partial charge is 0.472 e. The molecular formula is C21H26N10O13P2S. The van der Waals surface area contributed by atoms with Crippen LogP contribution in [0, 0.1) is 0 Å². The van der Waals surface area contributed by atoms with Crippen LogP contribution in [0.15, 0.2) is 22.2 Å². The van der Waals surface area contributed by atoms with Crippen molar-refractivity contribution in [2.45, 2.75) is 49.1 Å². The van der Waals surface area contributed by atoms with Crippen LogP contribution in [0.1, 0.15) is 12.5 Å². The van der Waals surface area contributed by atoms with Crippen molar-refractivity contribution in [2.75, 3.05) is 30.9 Å². The van der Waals surface area contributed by atoms with Crippen molar-refractivity contribution in [3.63, 3.8) is 0 Å². The Labute approximate surface area is 264 Å². The molecule has 23 nitrogen and oxygen atoms in total. The van der Waals surface area contributed by atoms with Crippen molar-refractivity contribution in [1.82, 2.24) is 39.0 Å². The summed E-state index contributed by atoms with van der Waals surface area (Å²) in [5.74, 6) is -0.490. The van der Waals surface area contributed by atoms with Gasteiger partial charge >= 0.3 is 14.6 Å². The molecule has 10 atom stereocenters. The van der Waals surface area contributed by atoms with Crippen LogP contribution < -0.4 is 22.6 Å². The molecule has 9 N–H and O–H groups in total. The van der Waals surface area contributed by atoms with Gasteiger partial charge in [0.25, 0.3) is 11.1 Å². The molecular weight excluding hydrogens is 694 g/mol. The number of aromatic amines is 2. The Morgan fingerprint density at radius 2 is 1.32 bits per heavy atom. The molecule has 3 saturated heterocycles. The summed E-state index contributed by atoms with van der Waals surface area (Å²) < 4.78 is 63.2. The Morgan fingerprint density at radius 3 is 1.81 bits per heavy atom. The molecule has 0 aliphatic carbocycles. The van der Waals surface area contributed by atoms with Crippen molar-refractivity contribution >= 4 is 60.2 Å². The van der Waals surface area contributed by atoms with Gasteiger partial charge in [-0.05, 0) is 17.6 Å². The highest BCUT2D eigenvalue weighted by Crippen LogP contribution is 2.62. The minimum Gasteiger partial charge on any atom is -0.386 e. The molecule has 7 rings (SSSR count). The summed E-state index contributed by atoms with van der Waals surface area (Å²) in [7, 11) is -5.05. The summed E-state index contributed by atoms with van der Waals surface area (Å²) in [5, 5.41) is 22.5. The van der Waals surface area contributed by atoms with Crippen LogP contribution in [-0.4, -0.2) is 110 Å². The average Bonchev–Trinajstić information content (AvgIpc) is 3.76. The van der Waals surface area contributed by atoms with Crippen molar-refractivity contribution in [3.8, 4) is 0 Å². The number of imidazole rings is 2. The molecule has 3 aliphatic rings. The smallest absolute Gasteiger partial charge is 0.386 e. The van der Waals surface area contributed by atoms with Gasteiger partial charge in [-0.2, -0.15) is 9.97 Å². The van der Waals surface area contributed by atoms with Crippen LogP contribution in [-0.2, 0) is 36.7 Å². The number of H-pyrrole nitrogens is 2. The second-order valence-corrected chi connectivity index (χ2v) is 16.1. The van der Waals surface area contributed by atoms with E-state index in [1.807, 2.05) is 0 Å². The predicted octanol–water partition coefficient (Wildman–Crippen LogP) is -1.68. The number of hydrogen-bond acceptors (Lipinski definition) is 19. The first kappa shape index (κ1) is 32.3. The molecule has 0 amide bonds. The third kappa shape index (κ3) is 5.68. The Bertz CT molecular complexity index is 2070. The van der Waals surface area contributed by atoms with E-state index in [0.717, 1.165) is 12.7 Å². The Morgan fingerprint density at radius 1 is 0.851 bits per heavy atom. The molecule has 0 spiro atoms. The molecule has 2 unspecified atom stereocenters. The maximum atomic E-state index is 13.9. The molecule has 0 saturated carbocycles. The van der Waals surface area contributed by atoms with Gasteiger partial charge in [0, 0.05) is 0 Å². The van der Waals surface area contributed by atoms with Gasteiger partial charge in [-0.15, -0.1) is 0 Å². The fourth-order valence-corrected chi connectivity index (χ4v) is 8.64. The molecule has 4 aromatic rings. The van der Waals surface area contributed by atoms with Crippen LogP contribution in [0.25, 0.3) is 22.3 Å². The first-order chi connectivity index (χ1) is 22.3. The van der Waals surface area contributed by atoms with E-state index in [0.29, 0.717) is 11.4 Å². The van der Waals surface area contributed by atoms with Crippen LogP contribution in [0.2, 0.25) is 0 Å². The van der Waals surface area contributed by atoms with Gasteiger partial charge < -0.3 is 36.0 Å². The fraction of sp³-hybridized carbons (Fsp3) is 0.524. The quantitative estimate of drug-likeness (QED) is 0.116. The van der Waals surface area contributed by atoms with Crippen molar-refractivity contribution in [1.29, 1.82) is 0 Å². The molecule has 26 heteroatoms. The number of phosphoric acid groups is 1. The number of nitrogens with zero attached hydrogens (tertiary/aromatic N) is 6. The molecule has 47 heavy (non-hydrogen) atoms. The van der Waals surface area contributed by atoms with Gasteiger partial charge in [-0.25, -0.2) is 19.1 Å². The lowest BCUT2D eigenvalue weighted by molar-refractivity contribution is -0.0614. The predicted molar refractivity (Wildman–Crippen MR) is 158 cm³/mol. The van der Waals surface area contributed by atoms with E-state index in [4.69, 9.17) is 39.0 Å². The number of phosphoric ester groups is 1. The summed E-state index contributed by atoms with van der Waals surface area (Å²) >= 11 is 0.663.